The standard InChI is InChI=1S/C15H27N3O/c1-10(2)8-7-9-19-13-11(3)12(16)17-14(18-13)15(4,5)6/h10H,7-9H2,1-6H3,(H2,16,17,18). The molecule has 4 nitrogen and oxygen atoms in total. The van der Waals surface area contributed by atoms with E-state index in [2.05, 4.69) is 44.6 Å². The second-order valence-corrected chi connectivity index (χ2v) is 6.50. The third kappa shape index (κ3) is 4.69. The number of anilines is 1. The molecule has 0 atom stereocenters. The highest BCUT2D eigenvalue weighted by molar-refractivity contribution is 5.45. The largest absolute Gasteiger partial charge is 0.477 e. The Labute approximate surface area is 116 Å². The lowest BCUT2D eigenvalue weighted by Crippen LogP contribution is -2.18. The van der Waals surface area contributed by atoms with Gasteiger partial charge >= 0.3 is 0 Å². The number of ether oxygens (including phenoxy) is 1. The maximum absolute atomic E-state index is 5.94. The monoisotopic (exact) mass is 265 g/mol. The van der Waals surface area contributed by atoms with Gasteiger partial charge < -0.3 is 10.5 Å². The first-order valence-corrected chi connectivity index (χ1v) is 6.99. The molecule has 4 heteroatoms. The van der Waals surface area contributed by atoms with Crippen LogP contribution < -0.4 is 10.5 Å². The quantitative estimate of drug-likeness (QED) is 0.828. The Hall–Kier alpha value is -1.32. The van der Waals surface area contributed by atoms with E-state index in [1.54, 1.807) is 0 Å². The van der Waals surface area contributed by atoms with Gasteiger partial charge in [0.05, 0.1) is 12.2 Å². The summed E-state index contributed by atoms with van der Waals surface area (Å²) in [7, 11) is 0. The molecule has 0 bridgehead atoms. The van der Waals surface area contributed by atoms with Gasteiger partial charge in [-0.05, 0) is 25.7 Å². The Bertz CT molecular complexity index is 422. The van der Waals surface area contributed by atoms with E-state index in [1.165, 1.54) is 0 Å². The molecule has 19 heavy (non-hydrogen) atoms. The maximum Gasteiger partial charge on any atom is 0.221 e. The highest BCUT2D eigenvalue weighted by atomic mass is 16.5. The SMILES string of the molecule is Cc1c(N)nc(C(C)(C)C)nc1OCCCC(C)C. The highest BCUT2D eigenvalue weighted by Gasteiger charge is 2.20. The molecule has 0 fully saturated rings. The highest BCUT2D eigenvalue weighted by Crippen LogP contribution is 2.26. The molecule has 1 aromatic heterocycles. The first kappa shape index (κ1) is 15.7. The predicted octanol–water partition coefficient (Wildman–Crippen LogP) is 3.48. The minimum Gasteiger partial charge on any atom is -0.477 e. The number of aromatic nitrogens is 2. The number of nitrogens with zero attached hydrogens (tertiary/aromatic N) is 2. The van der Waals surface area contributed by atoms with Crippen LogP contribution in [-0.2, 0) is 5.41 Å². The van der Waals surface area contributed by atoms with Gasteiger partial charge in [-0.15, -0.1) is 0 Å². The van der Waals surface area contributed by atoms with E-state index < -0.39 is 0 Å². The number of hydrogen-bond acceptors (Lipinski definition) is 4. The zero-order valence-electron chi connectivity index (χ0n) is 13.1. The van der Waals surface area contributed by atoms with Crippen molar-refractivity contribution in [3.05, 3.63) is 11.4 Å². The molecule has 1 rings (SSSR count). The van der Waals surface area contributed by atoms with Gasteiger partial charge in [0, 0.05) is 5.41 Å². The molecule has 1 aromatic rings. The number of rotatable bonds is 5. The average Bonchev–Trinajstić information content (AvgIpc) is 2.27. The van der Waals surface area contributed by atoms with Gasteiger partial charge in [0.25, 0.3) is 0 Å². The minimum atomic E-state index is -0.127. The Kier molecular flexibility index (Phi) is 5.15. The van der Waals surface area contributed by atoms with Gasteiger partial charge in [0.1, 0.15) is 11.6 Å². The Morgan fingerprint density at radius 2 is 1.84 bits per heavy atom. The number of nitrogen functional groups attached to an aromatic ring is 1. The van der Waals surface area contributed by atoms with Crippen LogP contribution in [0.25, 0.3) is 0 Å². The molecular formula is C15H27N3O. The third-order valence-corrected chi connectivity index (χ3v) is 2.97. The van der Waals surface area contributed by atoms with Crippen LogP contribution >= 0.6 is 0 Å². The van der Waals surface area contributed by atoms with Crippen molar-refractivity contribution >= 4 is 5.82 Å². The summed E-state index contributed by atoms with van der Waals surface area (Å²) in [5, 5.41) is 0. The van der Waals surface area contributed by atoms with E-state index in [9.17, 15) is 0 Å². The molecule has 0 radical (unpaired) electrons. The third-order valence-electron chi connectivity index (χ3n) is 2.97. The van der Waals surface area contributed by atoms with E-state index in [0.717, 1.165) is 24.2 Å². The lowest BCUT2D eigenvalue weighted by molar-refractivity contribution is 0.282. The van der Waals surface area contributed by atoms with Crippen molar-refractivity contribution in [2.45, 2.75) is 59.8 Å². The molecule has 0 unspecified atom stereocenters. The average molecular weight is 265 g/mol. The Balaban J connectivity index is 2.79. The number of nitrogens with two attached hydrogens (primary N) is 1. The van der Waals surface area contributed by atoms with Crippen molar-refractivity contribution in [2.75, 3.05) is 12.3 Å². The van der Waals surface area contributed by atoms with Gasteiger partial charge in [-0.25, -0.2) is 4.98 Å². The molecule has 0 aromatic carbocycles. The van der Waals surface area contributed by atoms with Crippen LogP contribution in [0.2, 0.25) is 0 Å². The zero-order valence-corrected chi connectivity index (χ0v) is 13.1. The van der Waals surface area contributed by atoms with Crippen LogP contribution in [0.15, 0.2) is 0 Å². The second kappa shape index (κ2) is 6.22. The van der Waals surface area contributed by atoms with E-state index in [-0.39, 0.29) is 5.41 Å². The van der Waals surface area contributed by atoms with E-state index in [1.807, 2.05) is 6.92 Å². The summed E-state index contributed by atoms with van der Waals surface area (Å²) in [5.74, 6) is 2.57. The maximum atomic E-state index is 5.94. The first-order valence-electron chi connectivity index (χ1n) is 6.99. The van der Waals surface area contributed by atoms with E-state index >= 15 is 0 Å². The fraction of sp³-hybridized carbons (Fsp3) is 0.733. The topological polar surface area (TPSA) is 61.0 Å². The number of hydrogen-bond donors (Lipinski definition) is 1. The molecule has 108 valence electrons. The Morgan fingerprint density at radius 1 is 1.21 bits per heavy atom. The summed E-state index contributed by atoms with van der Waals surface area (Å²) < 4.78 is 5.77. The molecule has 0 saturated carbocycles. The van der Waals surface area contributed by atoms with Gasteiger partial charge in [-0.3, -0.25) is 0 Å². The van der Waals surface area contributed by atoms with Gasteiger partial charge in [-0.2, -0.15) is 4.98 Å². The first-order chi connectivity index (χ1) is 8.71. The van der Waals surface area contributed by atoms with Crippen LogP contribution in [0.1, 0.15) is 58.8 Å². The zero-order chi connectivity index (χ0) is 14.6. The van der Waals surface area contributed by atoms with Crippen molar-refractivity contribution in [3.63, 3.8) is 0 Å². The lowest BCUT2D eigenvalue weighted by Gasteiger charge is -2.19. The van der Waals surface area contributed by atoms with Crippen molar-refractivity contribution in [2.24, 2.45) is 5.92 Å². The lowest BCUT2D eigenvalue weighted by atomic mass is 9.95. The summed E-state index contributed by atoms with van der Waals surface area (Å²) in [6.45, 7) is 13.2. The fourth-order valence-electron chi connectivity index (χ4n) is 1.65. The normalized spacial score (nSPS) is 11.9. The van der Waals surface area contributed by atoms with E-state index in [4.69, 9.17) is 10.5 Å². The van der Waals surface area contributed by atoms with Gasteiger partial charge in [-0.1, -0.05) is 34.6 Å². The fourth-order valence-corrected chi connectivity index (χ4v) is 1.65. The van der Waals surface area contributed by atoms with Crippen LogP contribution in [0.3, 0.4) is 0 Å². The van der Waals surface area contributed by atoms with Crippen molar-refractivity contribution in [1.82, 2.24) is 9.97 Å². The molecule has 0 spiro atoms. The van der Waals surface area contributed by atoms with Crippen molar-refractivity contribution < 1.29 is 4.74 Å². The summed E-state index contributed by atoms with van der Waals surface area (Å²) in [5.41, 5.74) is 6.64. The van der Waals surface area contributed by atoms with Crippen molar-refractivity contribution in [1.29, 1.82) is 0 Å². The van der Waals surface area contributed by atoms with Crippen molar-refractivity contribution in [3.8, 4) is 5.88 Å². The molecule has 0 saturated heterocycles. The molecule has 2 N–H and O–H groups in total. The molecule has 0 aliphatic rings. The predicted molar refractivity (Wildman–Crippen MR) is 79.4 cm³/mol. The molecule has 0 amide bonds. The van der Waals surface area contributed by atoms with E-state index in [0.29, 0.717) is 24.2 Å². The van der Waals surface area contributed by atoms with Crippen LogP contribution in [0, 0.1) is 12.8 Å². The van der Waals surface area contributed by atoms with Gasteiger partial charge in [0.2, 0.25) is 5.88 Å². The summed E-state index contributed by atoms with van der Waals surface area (Å²) in [6.07, 6.45) is 2.19. The molecular weight excluding hydrogens is 238 g/mol. The van der Waals surface area contributed by atoms with Crippen LogP contribution in [-0.4, -0.2) is 16.6 Å². The summed E-state index contributed by atoms with van der Waals surface area (Å²) in [4.78, 5) is 8.86. The second-order valence-electron chi connectivity index (χ2n) is 6.50. The Morgan fingerprint density at radius 3 is 2.37 bits per heavy atom. The van der Waals surface area contributed by atoms with Crippen LogP contribution in [0.5, 0.6) is 5.88 Å². The smallest absolute Gasteiger partial charge is 0.221 e. The molecule has 1 heterocycles. The molecule has 0 aliphatic carbocycles. The summed E-state index contributed by atoms with van der Waals surface area (Å²) in [6, 6.07) is 0. The summed E-state index contributed by atoms with van der Waals surface area (Å²) >= 11 is 0. The van der Waals surface area contributed by atoms with Crippen LogP contribution in [0.4, 0.5) is 5.82 Å². The van der Waals surface area contributed by atoms with Gasteiger partial charge in [0.15, 0.2) is 0 Å². The molecule has 0 aliphatic heterocycles. The minimum absolute atomic E-state index is 0.127.